The highest BCUT2D eigenvalue weighted by Gasteiger charge is 2.27. The van der Waals surface area contributed by atoms with Gasteiger partial charge in [-0.25, -0.2) is 0 Å². The first-order valence-corrected chi connectivity index (χ1v) is 8.35. The zero-order valence-corrected chi connectivity index (χ0v) is 13.7. The fourth-order valence-corrected chi connectivity index (χ4v) is 3.30. The van der Waals surface area contributed by atoms with Gasteiger partial charge in [-0.2, -0.15) is 5.10 Å². The van der Waals surface area contributed by atoms with E-state index in [2.05, 4.69) is 11.0 Å². The summed E-state index contributed by atoms with van der Waals surface area (Å²) in [5, 5.41) is 4.70. The number of aldehydes is 1. The third kappa shape index (κ3) is 3.76. The molecule has 22 heavy (non-hydrogen) atoms. The molecule has 0 aliphatic carbocycles. The second-order valence-electron chi connectivity index (χ2n) is 7.52. The fourth-order valence-electron chi connectivity index (χ4n) is 3.30. The zero-order valence-electron chi connectivity index (χ0n) is 13.7. The highest BCUT2D eigenvalue weighted by Crippen LogP contribution is 2.28. The lowest BCUT2D eigenvalue weighted by Gasteiger charge is -2.36. The van der Waals surface area contributed by atoms with Gasteiger partial charge in [0.25, 0.3) is 0 Å². The Kier molecular flexibility index (Phi) is 4.64. The van der Waals surface area contributed by atoms with Gasteiger partial charge in [0.1, 0.15) is 6.29 Å². The van der Waals surface area contributed by atoms with Crippen LogP contribution in [0.5, 0.6) is 0 Å². The van der Waals surface area contributed by atoms with Gasteiger partial charge in [-0.1, -0.05) is 13.8 Å². The molecule has 2 aliphatic heterocycles. The molecule has 0 amide bonds. The van der Waals surface area contributed by atoms with Crippen molar-refractivity contribution in [2.45, 2.75) is 39.2 Å². The maximum Gasteiger partial charge on any atom is 0.127 e. The number of hydrogen-bond donors (Lipinski definition) is 0. The summed E-state index contributed by atoms with van der Waals surface area (Å²) >= 11 is 0. The Labute approximate surface area is 132 Å². The average Bonchev–Trinajstić information content (AvgIpc) is 2.91. The molecule has 122 valence electrons. The maximum absolute atomic E-state index is 11.0. The number of likely N-dealkylation sites (tertiary alicyclic amines) is 1. The third-order valence-electron chi connectivity index (χ3n) is 4.78. The van der Waals surface area contributed by atoms with Crippen LogP contribution in [0.15, 0.2) is 12.3 Å². The Morgan fingerprint density at radius 2 is 2.09 bits per heavy atom. The van der Waals surface area contributed by atoms with E-state index in [4.69, 9.17) is 9.84 Å². The SMILES string of the molecule is CC(C)(C=O)Cn1ccc(C2CCN(CC3COC3)CC2)n1. The highest BCUT2D eigenvalue weighted by molar-refractivity contribution is 5.57. The topological polar surface area (TPSA) is 47.4 Å². The molecule has 3 rings (SSSR count). The normalized spacial score (nSPS) is 21.7. The molecule has 0 bridgehead atoms. The molecular weight excluding hydrogens is 278 g/mol. The second kappa shape index (κ2) is 6.50. The first-order valence-electron chi connectivity index (χ1n) is 8.35. The van der Waals surface area contributed by atoms with Crippen LogP contribution >= 0.6 is 0 Å². The molecule has 0 atom stereocenters. The first kappa shape index (κ1) is 15.7. The fraction of sp³-hybridized carbons (Fsp3) is 0.765. The van der Waals surface area contributed by atoms with Crippen LogP contribution in [0.25, 0.3) is 0 Å². The molecule has 0 spiro atoms. The molecule has 0 unspecified atom stereocenters. The van der Waals surface area contributed by atoms with Crippen LogP contribution in [-0.2, 0) is 16.1 Å². The van der Waals surface area contributed by atoms with Crippen molar-refractivity contribution in [2.24, 2.45) is 11.3 Å². The number of carbonyl (C=O) groups is 1. The van der Waals surface area contributed by atoms with E-state index in [0.717, 1.165) is 38.5 Å². The third-order valence-corrected chi connectivity index (χ3v) is 4.78. The minimum absolute atomic E-state index is 0.350. The first-order chi connectivity index (χ1) is 10.6. The zero-order chi connectivity index (χ0) is 15.6. The number of piperidine rings is 1. The average molecular weight is 305 g/mol. The van der Waals surface area contributed by atoms with E-state index in [1.54, 1.807) is 0 Å². The van der Waals surface area contributed by atoms with Crippen LogP contribution in [0.4, 0.5) is 0 Å². The van der Waals surface area contributed by atoms with Crippen LogP contribution in [-0.4, -0.2) is 53.8 Å². The number of nitrogens with zero attached hydrogens (tertiary/aromatic N) is 3. The van der Waals surface area contributed by atoms with Crippen LogP contribution < -0.4 is 0 Å². The van der Waals surface area contributed by atoms with Gasteiger partial charge in [0.2, 0.25) is 0 Å². The van der Waals surface area contributed by atoms with Gasteiger partial charge in [-0.15, -0.1) is 0 Å². The van der Waals surface area contributed by atoms with Gasteiger partial charge in [0.15, 0.2) is 0 Å². The van der Waals surface area contributed by atoms with Crippen molar-refractivity contribution in [1.82, 2.24) is 14.7 Å². The Hall–Kier alpha value is -1.20. The van der Waals surface area contributed by atoms with E-state index in [1.807, 2.05) is 24.7 Å². The van der Waals surface area contributed by atoms with E-state index in [0.29, 0.717) is 12.5 Å². The van der Waals surface area contributed by atoms with Crippen molar-refractivity contribution in [1.29, 1.82) is 0 Å². The summed E-state index contributed by atoms with van der Waals surface area (Å²) in [5.74, 6) is 1.32. The predicted octanol–water partition coefficient (Wildman–Crippen LogP) is 1.93. The smallest absolute Gasteiger partial charge is 0.127 e. The number of ether oxygens (including phenoxy) is 1. The molecule has 2 aliphatic rings. The number of hydrogen-bond acceptors (Lipinski definition) is 4. The number of carbonyl (C=O) groups excluding carboxylic acids is 1. The lowest BCUT2D eigenvalue weighted by molar-refractivity contribution is -0.115. The number of aromatic nitrogens is 2. The lowest BCUT2D eigenvalue weighted by Crippen LogP contribution is -2.42. The van der Waals surface area contributed by atoms with Crippen LogP contribution in [0.3, 0.4) is 0 Å². The molecule has 0 saturated carbocycles. The predicted molar refractivity (Wildman–Crippen MR) is 84.8 cm³/mol. The molecule has 1 aromatic rings. The van der Waals surface area contributed by atoms with E-state index < -0.39 is 0 Å². The van der Waals surface area contributed by atoms with Gasteiger partial charge < -0.3 is 14.4 Å². The monoisotopic (exact) mass is 305 g/mol. The van der Waals surface area contributed by atoms with Gasteiger partial charge in [-0.3, -0.25) is 4.68 Å². The molecule has 3 heterocycles. The summed E-state index contributed by atoms with van der Waals surface area (Å²) in [4.78, 5) is 13.6. The molecule has 5 heteroatoms. The molecule has 2 saturated heterocycles. The standard InChI is InChI=1S/C17H27N3O2/c1-17(2,13-21)12-20-8-5-16(18-20)15-3-6-19(7-4-15)9-14-10-22-11-14/h5,8,13-15H,3-4,6-7,9-12H2,1-2H3. The summed E-state index contributed by atoms with van der Waals surface area (Å²) in [7, 11) is 0. The van der Waals surface area contributed by atoms with Gasteiger partial charge in [0, 0.05) is 30.0 Å². The highest BCUT2D eigenvalue weighted by atomic mass is 16.5. The Bertz CT molecular complexity index is 500. The molecule has 5 nitrogen and oxygen atoms in total. The summed E-state index contributed by atoms with van der Waals surface area (Å²) in [6.45, 7) is 9.94. The Morgan fingerprint density at radius 3 is 2.68 bits per heavy atom. The van der Waals surface area contributed by atoms with Gasteiger partial charge >= 0.3 is 0 Å². The van der Waals surface area contributed by atoms with Crippen LogP contribution in [0.1, 0.15) is 38.3 Å². The second-order valence-corrected chi connectivity index (χ2v) is 7.52. The van der Waals surface area contributed by atoms with Crippen molar-refractivity contribution in [3.8, 4) is 0 Å². The van der Waals surface area contributed by atoms with Gasteiger partial charge in [-0.05, 0) is 32.0 Å². The van der Waals surface area contributed by atoms with Crippen LogP contribution in [0.2, 0.25) is 0 Å². The minimum atomic E-state index is -0.350. The molecule has 0 N–H and O–H groups in total. The molecule has 0 aromatic carbocycles. The summed E-state index contributed by atoms with van der Waals surface area (Å²) < 4.78 is 7.17. The quantitative estimate of drug-likeness (QED) is 0.754. The number of rotatable bonds is 6. The van der Waals surface area contributed by atoms with Crippen molar-refractivity contribution < 1.29 is 9.53 Å². The van der Waals surface area contributed by atoms with E-state index in [1.165, 1.54) is 25.1 Å². The molecular formula is C17H27N3O2. The van der Waals surface area contributed by atoms with E-state index in [9.17, 15) is 4.79 Å². The van der Waals surface area contributed by atoms with Gasteiger partial charge in [0.05, 0.1) is 25.5 Å². The summed E-state index contributed by atoms with van der Waals surface area (Å²) in [6.07, 6.45) is 5.39. The van der Waals surface area contributed by atoms with Crippen LogP contribution in [0, 0.1) is 11.3 Å². The van der Waals surface area contributed by atoms with Crippen molar-refractivity contribution in [3.63, 3.8) is 0 Å². The largest absolute Gasteiger partial charge is 0.381 e. The summed E-state index contributed by atoms with van der Waals surface area (Å²) in [5.41, 5.74) is 0.839. The van der Waals surface area contributed by atoms with Crippen molar-refractivity contribution in [2.75, 3.05) is 32.8 Å². The Balaban J connectivity index is 1.50. The molecule has 2 fully saturated rings. The summed E-state index contributed by atoms with van der Waals surface area (Å²) in [6, 6.07) is 2.13. The molecule has 1 aromatic heterocycles. The minimum Gasteiger partial charge on any atom is -0.381 e. The maximum atomic E-state index is 11.0. The van der Waals surface area contributed by atoms with Crippen molar-refractivity contribution >= 4 is 6.29 Å². The Morgan fingerprint density at radius 1 is 1.36 bits per heavy atom. The van der Waals surface area contributed by atoms with E-state index >= 15 is 0 Å². The van der Waals surface area contributed by atoms with Crippen molar-refractivity contribution in [3.05, 3.63) is 18.0 Å². The lowest BCUT2D eigenvalue weighted by atomic mass is 9.93. The van der Waals surface area contributed by atoms with E-state index in [-0.39, 0.29) is 5.41 Å². The molecule has 0 radical (unpaired) electrons.